The number of rotatable bonds is 5. The first-order valence-corrected chi connectivity index (χ1v) is 5.56. The van der Waals surface area contributed by atoms with Crippen molar-refractivity contribution in [2.45, 2.75) is 25.8 Å². The molecule has 1 aromatic heterocycles. The molecule has 0 spiro atoms. The van der Waals surface area contributed by atoms with Crippen molar-refractivity contribution < 1.29 is 14.7 Å². The smallest absolute Gasteiger partial charge is 0.326 e. The monoisotopic (exact) mass is 259 g/mol. The van der Waals surface area contributed by atoms with Gasteiger partial charge in [-0.1, -0.05) is 24.9 Å². The summed E-state index contributed by atoms with van der Waals surface area (Å²) in [4.78, 5) is 22.6. The number of nitrogens with zero attached hydrogens (tertiary/aromatic N) is 2. The van der Waals surface area contributed by atoms with E-state index in [0.29, 0.717) is 12.8 Å². The number of aromatic nitrogens is 2. The third kappa shape index (κ3) is 3.45. The number of carboxylic acid groups (broad SMARTS) is 1. The Bertz CT molecular complexity index is 430. The first-order chi connectivity index (χ1) is 7.95. The predicted molar refractivity (Wildman–Crippen MR) is 62.0 cm³/mol. The summed E-state index contributed by atoms with van der Waals surface area (Å²) in [6.07, 6.45) is 2.50. The fourth-order valence-electron chi connectivity index (χ4n) is 1.39. The van der Waals surface area contributed by atoms with Crippen LogP contribution in [0.25, 0.3) is 0 Å². The summed E-state index contributed by atoms with van der Waals surface area (Å²) < 4.78 is 1.40. The number of nitrogens with one attached hydrogen (secondary N) is 1. The minimum atomic E-state index is -1.06. The molecule has 0 bridgehead atoms. The molecule has 0 aliphatic heterocycles. The minimum Gasteiger partial charge on any atom is -0.480 e. The Labute approximate surface area is 104 Å². The van der Waals surface area contributed by atoms with Crippen LogP contribution in [0.4, 0.5) is 0 Å². The van der Waals surface area contributed by atoms with Gasteiger partial charge >= 0.3 is 5.97 Å². The standard InChI is InChI=1S/C10H14ClN3O3/c1-3-4-7(10(16)17)12-9(15)8-6(11)5-14(2)13-8/h5,7H,3-4H2,1-2H3,(H,12,15)(H,16,17)/t7-/m1/s1. The third-order valence-corrected chi connectivity index (χ3v) is 2.46. The summed E-state index contributed by atoms with van der Waals surface area (Å²) in [6, 6.07) is -0.912. The van der Waals surface area contributed by atoms with Crippen LogP contribution in [-0.2, 0) is 11.8 Å². The molecule has 1 amide bonds. The Kier molecular flexibility index (Phi) is 4.51. The van der Waals surface area contributed by atoms with E-state index >= 15 is 0 Å². The number of carbonyl (C=O) groups is 2. The number of aliphatic carboxylic acids is 1. The number of carbonyl (C=O) groups excluding carboxylic acids is 1. The average molecular weight is 260 g/mol. The van der Waals surface area contributed by atoms with Gasteiger partial charge in [0.1, 0.15) is 6.04 Å². The van der Waals surface area contributed by atoms with Crippen molar-refractivity contribution in [3.8, 4) is 0 Å². The van der Waals surface area contributed by atoms with E-state index in [0.717, 1.165) is 0 Å². The van der Waals surface area contributed by atoms with Gasteiger partial charge in [-0.05, 0) is 6.42 Å². The zero-order chi connectivity index (χ0) is 13.0. The number of hydrogen-bond acceptors (Lipinski definition) is 3. The molecule has 2 N–H and O–H groups in total. The Morgan fingerprint density at radius 2 is 2.29 bits per heavy atom. The molecule has 0 unspecified atom stereocenters. The lowest BCUT2D eigenvalue weighted by atomic mass is 10.1. The van der Waals surface area contributed by atoms with Crippen molar-refractivity contribution in [2.75, 3.05) is 0 Å². The molecule has 0 aromatic carbocycles. The van der Waals surface area contributed by atoms with Gasteiger partial charge in [-0.15, -0.1) is 0 Å². The molecular formula is C10H14ClN3O3. The Morgan fingerprint density at radius 1 is 1.65 bits per heavy atom. The Morgan fingerprint density at radius 3 is 2.71 bits per heavy atom. The number of hydrogen-bond donors (Lipinski definition) is 2. The quantitative estimate of drug-likeness (QED) is 0.828. The highest BCUT2D eigenvalue weighted by atomic mass is 35.5. The Balaban J connectivity index is 2.77. The molecule has 7 heteroatoms. The van der Waals surface area contributed by atoms with Crippen molar-refractivity contribution in [3.63, 3.8) is 0 Å². The van der Waals surface area contributed by atoms with Crippen molar-refractivity contribution in [1.82, 2.24) is 15.1 Å². The summed E-state index contributed by atoms with van der Waals surface area (Å²) >= 11 is 5.79. The van der Waals surface area contributed by atoms with Gasteiger partial charge < -0.3 is 10.4 Å². The van der Waals surface area contributed by atoms with Gasteiger partial charge in [0, 0.05) is 13.2 Å². The highest BCUT2D eigenvalue weighted by Gasteiger charge is 2.22. The average Bonchev–Trinajstić information content (AvgIpc) is 2.57. The fourth-order valence-corrected chi connectivity index (χ4v) is 1.65. The van der Waals surface area contributed by atoms with Crippen LogP contribution in [0.3, 0.4) is 0 Å². The first-order valence-electron chi connectivity index (χ1n) is 5.18. The molecule has 17 heavy (non-hydrogen) atoms. The molecule has 1 atom stereocenters. The number of halogens is 1. The zero-order valence-electron chi connectivity index (χ0n) is 9.61. The van der Waals surface area contributed by atoms with E-state index in [1.165, 1.54) is 10.9 Å². The van der Waals surface area contributed by atoms with Gasteiger partial charge in [0.15, 0.2) is 5.69 Å². The molecular weight excluding hydrogens is 246 g/mol. The second-order valence-corrected chi connectivity index (χ2v) is 4.06. The topological polar surface area (TPSA) is 84.2 Å². The third-order valence-electron chi connectivity index (χ3n) is 2.18. The van der Waals surface area contributed by atoms with Crippen LogP contribution >= 0.6 is 11.6 Å². The van der Waals surface area contributed by atoms with Crippen LogP contribution in [0.15, 0.2) is 6.20 Å². The molecule has 0 aliphatic rings. The molecule has 1 aromatic rings. The highest BCUT2D eigenvalue weighted by Crippen LogP contribution is 2.13. The lowest BCUT2D eigenvalue weighted by Crippen LogP contribution is -2.40. The van der Waals surface area contributed by atoms with Gasteiger partial charge in [-0.25, -0.2) is 4.79 Å². The number of carboxylic acids is 1. The van der Waals surface area contributed by atoms with E-state index in [1.807, 2.05) is 6.92 Å². The fraction of sp³-hybridized carbons (Fsp3) is 0.500. The van der Waals surface area contributed by atoms with Crippen LogP contribution in [-0.4, -0.2) is 32.8 Å². The largest absolute Gasteiger partial charge is 0.480 e. The summed E-state index contributed by atoms with van der Waals surface area (Å²) in [5.41, 5.74) is 0.0384. The molecule has 0 fully saturated rings. The minimum absolute atomic E-state index is 0.0384. The van der Waals surface area contributed by atoms with Crippen molar-refractivity contribution in [3.05, 3.63) is 16.9 Å². The van der Waals surface area contributed by atoms with Crippen molar-refractivity contribution in [2.24, 2.45) is 7.05 Å². The van der Waals surface area contributed by atoms with Gasteiger partial charge in [-0.2, -0.15) is 5.10 Å². The van der Waals surface area contributed by atoms with E-state index in [1.54, 1.807) is 7.05 Å². The van der Waals surface area contributed by atoms with Crippen LogP contribution in [0.1, 0.15) is 30.3 Å². The van der Waals surface area contributed by atoms with E-state index in [-0.39, 0.29) is 10.7 Å². The zero-order valence-corrected chi connectivity index (χ0v) is 10.4. The molecule has 1 heterocycles. The lowest BCUT2D eigenvalue weighted by Gasteiger charge is -2.12. The van der Waals surface area contributed by atoms with Crippen molar-refractivity contribution >= 4 is 23.5 Å². The summed E-state index contributed by atoms with van der Waals surface area (Å²) in [6.45, 7) is 1.84. The van der Waals surface area contributed by atoms with E-state index in [2.05, 4.69) is 10.4 Å². The summed E-state index contributed by atoms with van der Waals surface area (Å²) in [5.74, 6) is -1.64. The summed E-state index contributed by atoms with van der Waals surface area (Å²) in [5, 5.41) is 15.4. The Hall–Kier alpha value is -1.56. The molecule has 6 nitrogen and oxygen atoms in total. The van der Waals surface area contributed by atoms with Gasteiger partial charge in [0.05, 0.1) is 5.02 Å². The lowest BCUT2D eigenvalue weighted by molar-refractivity contribution is -0.139. The van der Waals surface area contributed by atoms with Crippen molar-refractivity contribution in [1.29, 1.82) is 0 Å². The molecule has 94 valence electrons. The van der Waals surface area contributed by atoms with Crippen LogP contribution < -0.4 is 5.32 Å². The second-order valence-electron chi connectivity index (χ2n) is 3.65. The van der Waals surface area contributed by atoms with Crippen LogP contribution in [0, 0.1) is 0 Å². The predicted octanol–water partition coefficient (Wildman–Crippen LogP) is 1.06. The number of aryl methyl sites for hydroxylation is 1. The maximum absolute atomic E-state index is 11.7. The van der Waals surface area contributed by atoms with Crippen LogP contribution in [0.2, 0.25) is 5.02 Å². The van der Waals surface area contributed by atoms with E-state index < -0.39 is 17.9 Å². The highest BCUT2D eigenvalue weighted by molar-refractivity contribution is 6.33. The molecule has 1 rings (SSSR count). The van der Waals surface area contributed by atoms with Gasteiger partial charge in [-0.3, -0.25) is 9.48 Å². The SMILES string of the molecule is CCC[C@@H](NC(=O)c1nn(C)cc1Cl)C(=O)O. The molecule has 0 aliphatic carbocycles. The normalized spacial score (nSPS) is 12.2. The first kappa shape index (κ1) is 13.5. The number of amides is 1. The second kappa shape index (κ2) is 5.67. The molecule has 0 saturated carbocycles. The summed E-state index contributed by atoms with van der Waals surface area (Å²) in [7, 11) is 1.63. The maximum Gasteiger partial charge on any atom is 0.326 e. The molecule has 0 saturated heterocycles. The van der Waals surface area contributed by atoms with Gasteiger partial charge in [0.25, 0.3) is 5.91 Å². The van der Waals surface area contributed by atoms with Crippen LogP contribution in [0.5, 0.6) is 0 Å². The maximum atomic E-state index is 11.7. The van der Waals surface area contributed by atoms with E-state index in [4.69, 9.17) is 16.7 Å². The molecule has 0 radical (unpaired) electrons. The van der Waals surface area contributed by atoms with E-state index in [9.17, 15) is 9.59 Å². The van der Waals surface area contributed by atoms with Gasteiger partial charge in [0.2, 0.25) is 0 Å².